The molecule has 4 heteroatoms. The van der Waals surface area contributed by atoms with Crippen LogP contribution < -0.4 is 5.32 Å². The van der Waals surface area contributed by atoms with Gasteiger partial charge in [0.1, 0.15) is 0 Å². The van der Waals surface area contributed by atoms with Gasteiger partial charge >= 0.3 is 0 Å². The van der Waals surface area contributed by atoms with E-state index in [9.17, 15) is 0 Å². The third-order valence-corrected chi connectivity index (χ3v) is 4.21. The molecule has 0 radical (unpaired) electrons. The second-order valence-electron chi connectivity index (χ2n) is 5.05. The maximum absolute atomic E-state index is 4.30. The van der Waals surface area contributed by atoms with Gasteiger partial charge in [0.15, 0.2) is 0 Å². The van der Waals surface area contributed by atoms with Gasteiger partial charge in [-0.1, -0.05) is 39.7 Å². The maximum Gasteiger partial charge on any atom is 0.0951 e. The molecule has 104 valence electrons. The van der Waals surface area contributed by atoms with E-state index in [-0.39, 0.29) is 0 Å². The Hall–Kier alpha value is -1.39. The van der Waals surface area contributed by atoms with E-state index in [1.54, 1.807) is 5.57 Å². The normalized spacial score (nSPS) is 15.2. The average Bonchev–Trinajstić information content (AvgIpc) is 2.95. The number of aryl methyl sites for hydroxylation is 1. The summed E-state index contributed by atoms with van der Waals surface area (Å²) in [4.78, 5) is 4.30. The molecular formula is C16H18BrN3. The Kier molecular flexibility index (Phi) is 4.33. The third-order valence-electron chi connectivity index (χ3n) is 3.68. The van der Waals surface area contributed by atoms with Crippen LogP contribution in [0.2, 0.25) is 0 Å². The highest BCUT2D eigenvalue weighted by atomic mass is 79.9. The number of benzene rings is 1. The lowest BCUT2D eigenvalue weighted by atomic mass is 10.1. The van der Waals surface area contributed by atoms with E-state index in [0.717, 1.165) is 30.5 Å². The Bertz CT molecular complexity index is 598. The van der Waals surface area contributed by atoms with E-state index >= 15 is 0 Å². The lowest BCUT2D eigenvalue weighted by molar-refractivity contribution is 0.633. The van der Waals surface area contributed by atoms with Crippen molar-refractivity contribution >= 4 is 15.9 Å². The van der Waals surface area contributed by atoms with Crippen LogP contribution in [0, 0.1) is 0 Å². The summed E-state index contributed by atoms with van der Waals surface area (Å²) in [7, 11) is 0. The van der Waals surface area contributed by atoms with Crippen molar-refractivity contribution in [3.8, 4) is 11.3 Å². The molecule has 2 heterocycles. The minimum atomic E-state index is 0.997. The van der Waals surface area contributed by atoms with Crippen LogP contribution in [0.3, 0.4) is 0 Å². The monoisotopic (exact) mass is 331 g/mol. The van der Waals surface area contributed by atoms with Crippen LogP contribution >= 0.6 is 15.9 Å². The minimum absolute atomic E-state index is 0.997. The molecule has 3 rings (SSSR count). The van der Waals surface area contributed by atoms with Crippen molar-refractivity contribution in [3.05, 3.63) is 52.9 Å². The first-order chi connectivity index (χ1) is 9.83. The zero-order chi connectivity index (χ0) is 13.8. The summed E-state index contributed by atoms with van der Waals surface area (Å²) in [6.07, 6.45) is 8.47. The number of imidazole rings is 1. The quantitative estimate of drug-likeness (QED) is 0.867. The summed E-state index contributed by atoms with van der Waals surface area (Å²) in [5.74, 6) is 0. The van der Waals surface area contributed by atoms with Gasteiger partial charge in [0.2, 0.25) is 0 Å². The molecule has 0 aliphatic carbocycles. The number of hydrogen-bond acceptors (Lipinski definition) is 2. The molecule has 0 fully saturated rings. The molecule has 0 saturated heterocycles. The van der Waals surface area contributed by atoms with Crippen LogP contribution in [0.25, 0.3) is 11.3 Å². The predicted molar refractivity (Wildman–Crippen MR) is 85.5 cm³/mol. The Labute approximate surface area is 127 Å². The molecular weight excluding hydrogens is 314 g/mol. The molecule has 1 aliphatic rings. The van der Waals surface area contributed by atoms with Crippen molar-refractivity contribution in [3.63, 3.8) is 0 Å². The van der Waals surface area contributed by atoms with Crippen molar-refractivity contribution in [2.75, 3.05) is 13.1 Å². The van der Waals surface area contributed by atoms with Crippen molar-refractivity contribution in [2.24, 2.45) is 0 Å². The predicted octanol–water partition coefficient (Wildman–Crippen LogP) is 3.62. The fourth-order valence-electron chi connectivity index (χ4n) is 2.52. The Balaban J connectivity index is 1.73. The van der Waals surface area contributed by atoms with E-state index in [1.165, 1.54) is 17.7 Å². The first kappa shape index (κ1) is 13.6. The molecule has 0 amide bonds. The van der Waals surface area contributed by atoms with Gasteiger partial charge in [-0.25, -0.2) is 4.98 Å². The molecule has 20 heavy (non-hydrogen) atoms. The third kappa shape index (κ3) is 3.19. The average molecular weight is 332 g/mol. The van der Waals surface area contributed by atoms with Crippen LogP contribution in [0.15, 0.2) is 52.9 Å². The first-order valence-electron chi connectivity index (χ1n) is 6.97. The lowest BCUT2D eigenvalue weighted by Gasteiger charge is -2.15. The highest BCUT2D eigenvalue weighted by molar-refractivity contribution is 9.10. The van der Waals surface area contributed by atoms with Crippen molar-refractivity contribution in [1.29, 1.82) is 0 Å². The Morgan fingerprint density at radius 1 is 1.25 bits per heavy atom. The maximum atomic E-state index is 4.30. The van der Waals surface area contributed by atoms with Gasteiger partial charge in [0.05, 0.1) is 18.2 Å². The van der Waals surface area contributed by atoms with Crippen molar-refractivity contribution in [2.45, 2.75) is 19.4 Å². The van der Waals surface area contributed by atoms with Crippen molar-refractivity contribution < 1.29 is 0 Å². The largest absolute Gasteiger partial charge is 0.330 e. The highest BCUT2D eigenvalue weighted by Gasteiger charge is 2.07. The minimum Gasteiger partial charge on any atom is -0.330 e. The molecule has 1 N–H and O–H groups in total. The van der Waals surface area contributed by atoms with E-state index in [0.29, 0.717) is 0 Å². The summed E-state index contributed by atoms with van der Waals surface area (Å²) in [6.45, 7) is 3.12. The standard InChI is InChI=1S/C16H18BrN3/c17-15-3-1-14(2-4-15)16-11-19-12-20(16)10-7-13-5-8-18-9-6-13/h1-5,11-12,18H,6-10H2. The van der Waals surface area contributed by atoms with E-state index in [1.807, 2.05) is 12.5 Å². The number of nitrogens with one attached hydrogen (secondary N) is 1. The number of rotatable bonds is 4. The fourth-order valence-corrected chi connectivity index (χ4v) is 2.78. The second kappa shape index (κ2) is 6.37. The zero-order valence-electron chi connectivity index (χ0n) is 11.3. The molecule has 3 nitrogen and oxygen atoms in total. The van der Waals surface area contributed by atoms with E-state index in [2.05, 4.69) is 61.1 Å². The topological polar surface area (TPSA) is 29.9 Å². The van der Waals surface area contributed by atoms with Gasteiger partial charge in [-0.05, 0) is 37.1 Å². The molecule has 0 unspecified atom stereocenters. The SMILES string of the molecule is Brc1ccc(-c2cncn2CCC2=CCNCC2)cc1. The smallest absolute Gasteiger partial charge is 0.0951 e. The van der Waals surface area contributed by atoms with Gasteiger partial charge in [-0.2, -0.15) is 0 Å². The first-order valence-corrected chi connectivity index (χ1v) is 7.77. The summed E-state index contributed by atoms with van der Waals surface area (Å²) < 4.78 is 3.35. The van der Waals surface area contributed by atoms with E-state index in [4.69, 9.17) is 0 Å². The molecule has 0 spiro atoms. The molecule has 0 atom stereocenters. The fraction of sp³-hybridized carbons (Fsp3) is 0.312. The van der Waals surface area contributed by atoms with Gasteiger partial charge in [-0.15, -0.1) is 0 Å². The molecule has 0 bridgehead atoms. The van der Waals surface area contributed by atoms with Crippen LogP contribution in [0.1, 0.15) is 12.8 Å². The zero-order valence-corrected chi connectivity index (χ0v) is 12.9. The number of aromatic nitrogens is 2. The lowest BCUT2D eigenvalue weighted by Crippen LogP contribution is -2.21. The number of hydrogen-bond donors (Lipinski definition) is 1. The van der Waals surface area contributed by atoms with Gasteiger partial charge in [0, 0.05) is 17.6 Å². The Morgan fingerprint density at radius 2 is 2.10 bits per heavy atom. The number of nitrogens with zero attached hydrogens (tertiary/aromatic N) is 2. The Morgan fingerprint density at radius 3 is 2.85 bits per heavy atom. The molecule has 0 saturated carbocycles. The second-order valence-corrected chi connectivity index (χ2v) is 5.96. The molecule has 1 aromatic heterocycles. The summed E-state index contributed by atoms with van der Waals surface area (Å²) in [5.41, 5.74) is 3.95. The molecule has 1 aliphatic heterocycles. The summed E-state index contributed by atoms with van der Waals surface area (Å²) >= 11 is 3.47. The van der Waals surface area contributed by atoms with Crippen LogP contribution in [-0.4, -0.2) is 22.6 Å². The molecule has 1 aromatic carbocycles. The molecule has 2 aromatic rings. The summed E-state index contributed by atoms with van der Waals surface area (Å²) in [5, 5.41) is 3.35. The van der Waals surface area contributed by atoms with Gasteiger partial charge in [-0.3, -0.25) is 0 Å². The van der Waals surface area contributed by atoms with Crippen LogP contribution in [0.4, 0.5) is 0 Å². The van der Waals surface area contributed by atoms with E-state index < -0.39 is 0 Å². The van der Waals surface area contributed by atoms with Crippen LogP contribution in [-0.2, 0) is 6.54 Å². The van der Waals surface area contributed by atoms with Gasteiger partial charge in [0.25, 0.3) is 0 Å². The highest BCUT2D eigenvalue weighted by Crippen LogP contribution is 2.22. The van der Waals surface area contributed by atoms with Crippen LogP contribution in [0.5, 0.6) is 0 Å². The summed E-state index contributed by atoms with van der Waals surface area (Å²) in [6, 6.07) is 8.40. The van der Waals surface area contributed by atoms with Crippen molar-refractivity contribution in [1.82, 2.24) is 14.9 Å². The number of halogens is 1. The van der Waals surface area contributed by atoms with Gasteiger partial charge < -0.3 is 9.88 Å².